The summed E-state index contributed by atoms with van der Waals surface area (Å²) in [6.07, 6.45) is 3.00. The molecule has 2 heteroatoms. The van der Waals surface area contributed by atoms with Gasteiger partial charge in [0.1, 0.15) is 0 Å². The molecule has 8 heavy (non-hydrogen) atoms. The minimum Gasteiger partial charge on any atom is -0.393 e. The molecular weight excluding hydrogens is 120 g/mol. The van der Waals surface area contributed by atoms with Gasteiger partial charge in [0.25, 0.3) is 0 Å². The molecule has 1 atom stereocenters. The van der Waals surface area contributed by atoms with Crippen LogP contribution in [0.3, 0.4) is 0 Å². The van der Waals surface area contributed by atoms with Gasteiger partial charge in [-0.25, -0.2) is 0 Å². The molecule has 0 aliphatic heterocycles. The second-order valence-electron chi connectivity index (χ2n) is 2.07. The first-order valence-electron chi connectivity index (χ1n) is 3.06. The van der Waals surface area contributed by atoms with Crippen molar-refractivity contribution in [1.82, 2.24) is 0 Å². The number of aliphatic hydroxyl groups is 1. The van der Waals surface area contributed by atoms with Gasteiger partial charge in [-0.2, -0.15) is 12.6 Å². The van der Waals surface area contributed by atoms with E-state index < -0.39 is 0 Å². The van der Waals surface area contributed by atoms with Crippen molar-refractivity contribution in [2.24, 2.45) is 0 Å². The van der Waals surface area contributed by atoms with E-state index in [0.29, 0.717) is 0 Å². The van der Waals surface area contributed by atoms with E-state index in [9.17, 15) is 0 Å². The first-order chi connectivity index (χ1) is 3.77. The molecule has 0 spiro atoms. The third kappa shape index (κ3) is 6.31. The van der Waals surface area contributed by atoms with Crippen LogP contribution in [0.1, 0.15) is 26.2 Å². The average Bonchev–Trinajstić information content (AvgIpc) is 1.66. The number of hydrogen-bond acceptors (Lipinski definition) is 2. The van der Waals surface area contributed by atoms with E-state index >= 15 is 0 Å². The Morgan fingerprint density at radius 1 is 1.50 bits per heavy atom. The molecule has 1 nitrogen and oxygen atoms in total. The summed E-state index contributed by atoms with van der Waals surface area (Å²) >= 11 is 4.04. The molecule has 0 aliphatic rings. The lowest BCUT2D eigenvalue weighted by Gasteiger charge is -1.99. The van der Waals surface area contributed by atoms with Gasteiger partial charge in [0, 0.05) is 0 Å². The summed E-state index contributed by atoms with van der Waals surface area (Å²) < 4.78 is 0. The second kappa shape index (κ2) is 5.45. The summed E-state index contributed by atoms with van der Waals surface area (Å²) in [6, 6.07) is 0. The number of unbranched alkanes of at least 4 members (excludes halogenated alkanes) is 1. The molecule has 0 amide bonds. The second-order valence-corrected chi connectivity index (χ2v) is 2.52. The summed E-state index contributed by atoms with van der Waals surface area (Å²) in [6.45, 7) is 1.82. The van der Waals surface area contributed by atoms with Crippen molar-refractivity contribution in [1.29, 1.82) is 0 Å². The van der Waals surface area contributed by atoms with Gasteiger partial charge in [-0.1, -0.05) is 6.42 Å². The van der Waals surface area contributed by atoms with Crippen molar-refractivity contribution >= 4 is 12.6 Å². The molecule has 0 rings (SSSR count). The van der Waals surface area contributed by atoms with Crippen molar-refractivity contribution in [3.05, 3.63) is 0 Å². The smallest absolute Gasteiger partial charge is 0.0512 e. The van der Waals surface area contributed by atoms with Crippen LogP contribution in [0.2, 0.25) is 0 Å². The molecule has 0 aromatic carbocycles. The van der Waals surface area contributed by atoms with E-state index in [2.05, 4.69) is 12.6 Å². The zero-order chi connectivity index (χ0) is 6.41. The zero-order valence-corrected chi connectivity index (χ0v) is 6.19. The lowest BCUT2D eigenvalue weighted by molar-refractivity contribution is 0.181. The van der Waals surface area contributed by atoms with Crippen LogP contribution in [0.25, 0.3) is 0 Å². The standard InChI is InChI=1S/C6H14OS/c1-6(7)4-2-3-5-8/h6-8H,2-5H2,1H3/t6-/m1/s1. The van der Waals surface area contributed by atoms with Crippen LogP contribution in [0.5, 0.6) is 0 Å². The van der Waals surface area contributed by atoms with Crippen LogP contribution in [-0.2, 0) is 0 Å². The van der Waals surface area contributed by atoms with Gasteiger partial charge < -0.3 is 5.11 Å². The molecule has 50 valence electrons. The van der Waals surface area contributed by atoms with Crippen molar-refractivity contribution in [3.63, 3.8) is 0 Å². The SMILES string of the molecule is C[C@@H](O)CCCCS. The van der Waals surface area contributed by atoms with Gasteiger partial charge in [-0.15, -0.1) is 0 Å². The molecule has 0 saturated carbocycles. The molecule has 0 aromatic rings. The number of thiol groups is 1. The lowest BCUT2D eigenvalue weighted by Crippen LogP contribution is -1.98. The Bertz CT molecular complexity index is 45.8. The summed E-state index contributed by atoms with van der Waals surface area (Å²) in [5.74, 6) is 0.937. The molecule has 0 bridgehead atoms. The summed E-state index contributed by atoms with van der Waals surface area (Å²) in [7, 11) is 0. The molecule has 0 aliphatic carbocycles. The summed E-state index contributed by atoms with van der Waals surface area (Å²) in [4.78, 5) is 0. The Morgan fingerprint density at radius 2 is 2.12 bits per heavy atom. The lowest BCUT2D eigenvalue weighted by atomic mass is 10.2. The van der Waals surface area contributed by atoms with Crippen LogP contribution in [-0.4, -0.2) is 17.0 Å². The minimum absolute atomic E-state index is 0.130. The van der Waals surface area contributed by atoms with Crippen LogP contribution >= 0.6 is 12.6 Å². The van der Waals surface area contributed by atoms with E-state index in [-0.39, 0.29) is 6.10 Å². The van der Waals surface area contributed by atoms with Crippen LogP contribution < -0.4 is 0 Å². The van der Waals surface area contributed by atoms with Crippen LogP contribution in [0, 0.1) is 0 Å². The van der Waals surface area contributed by atoms with Gasteiger partial charge in [0.2, 0.25) is 0 Å². The highest BCUT2D eigenvalue weighted by molar-refractivity contribution is 7.80. The number of rotatable bonds is 4. The van der Waals surface area contributed by atoms with E-state index in [0.717, 1.165) is 25.0 Å². The van der Waals surface area contributed by atoms with Crippen molar-refractivity contribution in [2.45, 2.75) is 32.3 Å². The molecular formula is C6H14OS. The fourth-order valence-corrected chi connectivity index (χ4v) is 0.775. The molecule has 0 aromatic heterocycles. The maximum Gasteiger partial charge on any atom is 0.0512 e. The normalized spacial score (nSPS) is 13.9. The highest BCUT2D eigenvalue weighted by Crippen LogP contribution is 1.99. The maximum atomic E-state index is 8.75. The third-order valence-corrected chi connectivity index (χ3v) is 1.35. The topological polar surface area (TPSA) is 20.2 Å². The van der Waals surface area contributed by atoms with E-state index in [4.69, 9.17) is 5.11 Å². The van der Waals surface area contributed by atoms with Crippen molar-refractivity contribution < 1.29 is 5.11 Å². The Balaban J connectivity index is 2.72. The van der Waals surface area contributed by atoms with Gasteiger partial charge in [-0.05, 0) is 25.5 Å². The molecule has 0 unspecified atom stereocenters. The zero-order valence-electron chi connectivity index (χ0n) is 5.30. The predicted octanol–water partition coefficient (Wildman–Crippen LogP) is 1.47. The Kier molecular flexibility index (Phi) is 5.66. The Labute approximate surface area is 56.5 Å². The molecule has 1 N–H and O–H groups in total. The summed E-state index contributed by atoms with van der Waals surface area (Å²) in [5, 5.41) is 8.75. The molecule has 0 heterocycles. The highest BCUT2D eigenvalue weighted by atomic mass is 32.1. The quantitative estimate of drug-likeness (QED) is 0.440. The van der Waals surface area contributed by atoms with E-state index in [1.54, 1.807) is 0 Å². The third-order valence-electron chi connectivity index (χ3n) is 1.03. The number of hydrogen-bond donors (Lipinski definition) is 2. The maximum absolute atomic E-state index is 8.75. The predicted molar refractivity (Wildman–Crippen MR) is 39.4 cm³/mol. The fourth-order valence-electron chi connectivity index (χ4n) is 0.552. The molecule has 0 radical (unpaired) electrons. The monoisotopic (exact) mass is 134 g/mol. The van der Waals surface area contributed by atoms with Crippen molar-refractivity contribution in [2.75, 3.05) is 5.75 Å². The highest BCUT2D eigenvalue weighted by Gasteiger charge is 1.92. The average molecular weight is 134 g/mol. The van der Waals surface area contributed by atoms with E-state index in [1.807, 2.05) is 6.92 Å². The Hall–Kier alpha value is 0.310. The van der Waals surface area contributed by atoms with Gasteiger partial charge in [0.15, 0.2) is 0 Å². The number of aliphatic hydroxyl groups excluding tert-OH is 1. The van der Waals surface area contributed by atoms with Gasteiger partial charge in [-0.3, -0.25) is 0 Å². The van der Waals surface area contributed by atoms with Crippen LogP contribution in [0.4, 0.5) is 0 Å². The fraction of sp³-hybridized carbons (Fsp3) is 1.00. The van der Waals surface area contributed by atoms with E-state index in [1.165, 1.54) is 0 Å². The molecule has 0 saturated heterocycles. The van der Waals surface area contributed by atoms with Gasteiger partial charge in [0.05, 0.1) is 6.10 Å². The van der Waals surface area contributed by atoms with Crippen LogP contribution in [0.15, 0.2) is 0 Å². The van der Waals surface area contributed by atoms with Gasteiger partial charge >= 0.3 is 0 Å². The first-order valence-corrected chi connectivity index (χ1v) is 3.69. The largest absolute Gasteiger partial charge is 0.393 e. The first kappa shape index (κ1) is 8.31. The van der Waals surface area contributed by atoms with Crippen molar-refractivity contribution in [3.8, 4) is 0 Å². The summed E-state index contributed by atoms with van der Waals surface area (Å²) in [5.41, 5.74) is 0. The molecule has 0 fully saturated rings. The minimum atomic E-state index is -0.130. The Morgan fingerprint density at radius 3 is 2.50 bits per heavy atom.